The van der Waals surface area contributed by atoms with Gasteiger partial charge in [0.2, 0.25) is 0 Å². The maximum Gasteiger partial charge on any atom is 0.281 e. The number of carbonyl (C=O) groups is 1. The first kappa shape index (κ1) is 16.6. The van der Waals surface area contributed by atoms with Gasteiger partial charge in [-0.2, -0.15) is 4.99 Å². The van der Waals surface area contributed by atoms with Gasteiger partial charge in [0.05, 0.1) is 30.7 Å². The van der Waals surface area contributed by atoms with Gasteiger partial charge in [0.1, 0.15) is 0 Å². The molecule has 0 aliphatic carbocycles. The van der Waals surface area contributed by atoms with Crippen molar-refractivity contribution in [2.75, 3.05) is 0 Å². The van der Waals surface area contributed by atoms with Crippen molar-refractivity contribution in [1.29, 1.82) is 0 Å². The van der Waals surface area contributed by atoms with Crippen LogP contribution in [-0.4, -0.2) is 15.4 Å². The molecule has 9 heteroatoms. The maximum absolute atomic E-state index is 12.4. The van der Waals surface area contributed by atoms with Crippen LogP contribution in [0.2, 0.25) is 10.0 Å². The minimum Gasteiger partial charge on any atom is -0.318 e. The predicted octanol–water partition coefficient (Wildman–Crippen LogP) is 4.20. The number of carbonyl (C=O) groups excluding carboxylic acids is 1. The van der Waals surface area contributed by atoms with Crippen LogP contribution < -0.4 is 4.80 Å². The Morgan fingerprint density at radius 1 is 1.25 bits per heavy atom. The Morgan fingerprint density at radius 3 is 2.67 bits per heavy atom. The summed E-state index contributed by atoms with van der Waals surface area (Å²) >= 11 is 13.4. The lowest BCUT2D eigenvalue weighted by Crippen LogP contribution is -2.13. The van der Waals surface area contributed by atoms with Crippen LogP contribution in [0.25, 0.3) is 10.2 Å². The lowest BCUT2D eigenvalue weighted by Gasteiger charge is -2.00. The van der Waals surface area contributed by atoms with E-state index in [0.717, 1.165) is 16.3 Å². The molecular formula is C15H9Cl2N3O3S. The smallest absolute Gasteiger partial charge is 0.281 e. The van der Waals surface area contributed by atoms with Crippen molar-refractivity contribution in [3.8, 4) is 0 Å². The third-order valence-electron chi connectivity index (χ3n) is 3.36. The molecule has 0 aliphatic heterocycles. The molecule has 6 nitrogen and oxygen atoms in total. The number of nitro groups is 1. The zero-order chi connectivity index (χ0) is 17.4. The van der Waals surface area contributed by atoms with Gasteiger partial charge in [-0.25, -0.2) is 0 Å². The first-order valence-corrected chi connectivity index (χ1v) is 8.23. The van der Waals surface area contributed by atoms with Crippen molar-refractivity contribution in [3.05, 3.63) is 66.9 Å². The molecule has 0 aliphatic rings. The molecule has 0 atom stereocenters. The van der Waals surface area contributed by atoms with E-state index < -0.39 is 10.8 Å². The Morgan fingerprint density at radius 2 is 2.00 bits per heavy atom. The molecule has 0 bridgehead atoms. The third-order valence-corrected chi connectivity index (χ3v) is 5.09. The summed E-state index contributed by atoms with van der Waals surface area (Å²) in [5.74, 6) is -0.651. The summed E-state index contributed by atoms with van der Waals surface area (Å²) in [6.45, 7) is 0. The highest BCUT2D eigenvalue weighted by molar-refractivity contribution is 7.16. The average molecular weight is 382 g/mol. The molecule has 0 saturated carbocycles. The highest BCUT2D eigenvalue weighted by atomic mass is 35.5. The van der Waals surface area contributed by atoms with Crippen LogP contribution in [0, 0.1) is 10.1 Å². The van der Waals surface area contributed by atoms with Gasteiger partial charge in [-0.3, -0.25) is 14.9 Å². The van der Waals surface area contributed by atoms with Crippen LogP contribution in [0.4, 0.5) is 5.69 Å². The number of halogens is 2. The van der Waals surface area contributed by atoms with Gasteiger partial charge in [-0.1, -0.05) is 40.6 Å². The maximum atomic E-state index is 12.4. The van der Waals surface area contributed by atoms with E-state index in [9.17, 15) is 14.9 Å². The minimum absolute atomic E-state index is 0.0191. The highest BCUT2D eigenvalue weighted by Gasteiger charge is 2.16. The first-order valence-electron chi connectivity index (χ1n) is 6.65. The molecule has 1 aromatic heterocycles. The average Bonchev–Trinajstić information content (AvgIpc) is 2.84. The molecule has 0 spiro atoms. The highest BCUT2D eigenvalue weighted by Crippen LogP contribution is 2.25. The molecule has 1 amide bonds. The second-order valence-corrected chi connectivity index (χ2v) is 6.69. The topological polar surface area (TPSA) is 77.5 Å². The number of hydrogen-bond acceptors (Lipinski definition) is 4. The van der Waals surface area contributed by atoms with E-state index in [1.165, 1.54) is 23.5 Å². The monoisotopic (exact) mass is 381 g/mol. The summed E-state index contributed by atoms with van der Waals surface area (Å²) in [4.78, 5) is 27.1. The zero-order valence-corrected chi connectivity index (χ0v) is 14.5. The Kier molecular flexibility index (Phi) is 4.40. The molecule has 2 aromatic carbocycles. The zero-order valence-electron chi connectivity index (χ0n) is 12.2. The van der Waals surface area contributed by atoms with Crippen molar-refractivity contribution >= 4 is 56.3 Å². The number of aryl methyl sites for hydroxylation is 1. The number of para-hydroxylation sites is 1. The summed E-state index contributed by atoms with van der Waals surface area (Å²) in [7, 11) is 1.74. The van der Waals surface area contributed by atoms with Crippen molar-refractivity contribution in [2.45, 2.75) is 0 Å². The molecule has 0 saturated heterocycles. The Labute approximate surface area is 149 Å². The van der Waals surface area contributed by atoms with Crippen LogP contribution in [0.1, 0.15) is 10.4 Å². The molecule has 1 heterocycles. The van der Waals surface area contributed by atoms with Crippen LogP contribution >= 0.6 is 34.5 Å². The number of fused-ring (bicyclic) bond motifs is 1. The molecule has 0 N–H and O–H groups in total. The number of non-ortho nitro benzene ring substituents is 1. The van der Waals surface area contributed by atoms with Gasteiger partial charge >= 0.3 is 0 Å². The fourth-order valence-electron chi connectivity index (χ4n) is 2.20. The van der Waals surface area contributed by atoms with Crippen LogP contribution in [0.5, 0.6) is 0 Å². The first-order chi connectivity index (χ1) is 11.4. The van der Waals surface area contributed by atoms with Gasteiger partial charge in [0, 0.05) is 19.2 Å². The number of benzene rings is 2. The van der Waals surface area contributed by atoms with Crippen LogP contribution in [-0.2, 0) is 7.05 Å². The van der Waals surface area contributed by atoms with Crippen molar-refractivity contribution in [3.63, 3.8) is 0 Å². The largest absolute Gasteiger partial charge is 0.318 e. The van der Waals surface area contributed by atoms with E-state index in [1.54, 1.807) is 17.7 Å². The van der Waals surface area contributed by atoms with Crippen molar-refractivity contribution in [2.24, 2.45) is 12.0 Å². The summed E-state index contributed by atoms with van der Waals surface area (Å²) < 4.78 is 2.58. The molecular weight excluding hydrogens is 373 g/mol. The summed E-state index contributed by atoms with van der Waals surface area (Å²) in [5, 5.41) is 11.5. The summed E-state index contributed by atoms with van der Waals surface area (Å²) in [6, 6.07) is 9.09. The number of hydrogen-bond donors (Lipinski definition) is 0. The second-order valence-electron chi connectivity index (χ2n) is 4.87. The van der Waals surface area contributed by atoms with Gasteiger partial charge in [-0.15, -0.1) is 0 Å². The lowest BCUT2D eigenvalue weighted by atomic mass is 10.2. The number of thiazole rings is 1. The van der Waals surface area contributed by atoms with E-state index in [2.05, 4.69) is 4.99 Å². The van der Waals surface area contributed by atoms with Gasteiger partial charge in [0.15, 0.2) is 4.80 Å². The van der Waals surface area contributed by atoms with E-state index in [0.29, 0.717) is 9.82 Å². The van der Waals surface area contributed by atoms with E-state index in [-0.39, 0.29) is 16.3 Å². The van der Waals surface area contributed by atoms with Gasteiger partial charge in [0.25, 0.3) is 11.6 Å². The number of aromatic nitrogens is 1. The Hall–Kier alpha value is -2.22. The van der Waals surface area contributed by atoms with E-state index >= 15 is 0 Å². The lowest BCUT2D eigenvalue weighted by molar-refractivity contribution is -0.384. The molecule has 0 unspecified atom stereocenters. The predicted molar refractivity (Wildman–Crippen MR) is 93.8 cm³/mol. The molecule has 0 radical (unpaired) electrons. The third kappa shape index (κ3) is 2.93. The number of nitrogens with zero attached hydrogens (tertiary/aromatic N) is 3. The number of amides is 1. The van der Waals surface area contributed by atoms with E-state index in [1.807, 2.05) is 12.1 Å². The fraction of sp³-hybridized carbons (Fsp3) is 0.0667. The van der Waals surface area contributed by atoms with Gasteiger partial charge in [-0.05, 0) is 18.2 Å². The molecule has 0 fully saturated rings. The second kappa shape index (κ2) is 6.35. The van der Waals surface area contributed by atoms with Crippen LogP contribution in [0.15, 0.2) is 41.4 Å². The normalized spacial score (nSPS) is 11.9. The summed E-state index contributed by atoms with van der Waals surface area (Å²) in [6.07, 6.45) is 0. The molecule has 122 valence electrons. The Balaban J connectivity index is 2.14. The number of nitro benzene ring substituents is 1. The van der Waals surface area contributed by atoms with Crippen LogP contribution in [0.3, 0.4) is 0 Å². The van der Waals surface area contributed by atoms with E-state index in [4.69, 9.17) is 23.2 Å². The SMILES string of the molecule is Cn1c(=NC(=O)c2cc([N+](=O)[O-])ccc2Cl)sc2cccc(Cl)c21. The fourth-order valence-corrected chi connectivity index (χ4v) is 3.80. The Bertz CT molecular complexity index is 1060. The molecule has 3 rings (SSSR count). The number of rotatable bonds is 2. The van der Waals surface area contributed by atoms with Crippen molar-refractivity contribution < 1.29 is 9.72 Å². The molecule has 3 aromatic rings. The molecule has 24 heavy (non-hydrogen) atoms. The summed E-state index contributed by atoms with van der Waals surface area (Å²) in [5.41, 5.74) is 0.525. The quantitative estimate of drug-likeness (QED) is 0.492. The standard InChI is InChI=1S/C15H9Cl2N3O3S/c1-19-13-11(17)3-2-4-12(13)24-15(19)18-14(21)9-7-8(20(22)23)5-6-10(9)16/h2-7H,1H3. The van der Waals surface area contributed by atoms with Crippen molar-refractivity contribution in [1.82, 2.24) is 4.57 Å². The minimum atomic E-state index is -0.651. The van der Waals surface area contributed by atoms with Gasteiger partial charge < -0.3 is 4.57 Å².